The molecule has 1 aromatic rings. The van der Waals surface area contributed by atoms with E-state index < -0.39 is 5.91 Å². The first kappa shape index (κ1) is 14.4. The molecular formula is C12H15BrN4O4. The molecule has 2 aliphatic heterocycles. The maximum absolute atomic E-state index is 11.9. The summed E-state index contributed by atoms with van der Waals surface area (Å²) in [6.45, 7) is 0.328. The van der Waals surface area contributed by atoms with E-state index in [1.807, 2.05) is 0 Å². The van der Waals surface area contributed by atoms with Gasteiger partial charge >= 0.3 is 6.03 Å². The van der Waals surface area contributed by atoms with E-state index in [4.69, 9.17) is 9.47 Å². The zero-order valence-corrected chi connectivity index (χ0v) is 12.8. The van der Waals surface area contributed by atoms with Gasteiger partial charge in [-0.1, -0.05) is 0 Å². The summed E-state index contributed by atoms with van der Waals surface area (Å²) in [6, 6.07) is 1.11. The topological polar surface area (TPSA) is 104 Å². The number of fused-ring (bicyclic) bond motifs is 1. The minimum atomic E-state index is -1.14. The molecule has 4 N–H and O–H groups in total. The maximum atomic E-state index is 11.9. The summed E-state index contributed by atoms with van der Waals surface area (Å²) in [7, 11) is 1.47. The Balaban J connectivity index is 1.56. The second-order valence-corrected chi connectivity index (χ2v) is 5.86. The molecule has 21 heavy (non-hydrogen) atoms. The average Bonchev–Trinajstić information content (AvgIpc) is 3.08. The summed E-state index contributed by atoms with van der Waals surface area (Å²) in [4.78, 5) is 26.1. The van der Waals surface area contributed by atoms with Crippen molar-refractivity contribution in [2.45, 2.75) is 24.5 Å². The fraction of sp³-hybridized carbons (Fsp3) is 0.500. The molecule has 0 radical (unpaired) electrons. The van der Waals surface area contributed by atoms with E-state index in [9.17, 15) is 9.59 Å². The van der Waals surface area contributed by atoms with Crippen molar-refractivity contribution in [1.82, 2.24) is 20.9 Å². The highest BCUT2D eigenvalue weighted by molar-refractivity contribution is 9.10. The van der Waals surface area contributed by atoms with Gasteiger partial charge in [-0.25, -0.2) is 4.79 Å². The number of amides is 3. The summed E-state index contributed by atoms with van der Waals surface area (Å²) in [5.74, 6) is -1.35. The summed E-state index contributed by atoms with van der Waals surface area (Å²) < 4.78 is 11.8. The summed E-state index contributed by atoms with van der Waals surface area (Å²) in [5, 5.41) is 8.13. The van der Waals surface area contributed by atoms with Crippen LogP contribution in [0.3, 0.4) is 0 Å². The number of ether oxygens (including phenoxy) is 2. The first-order valence-corrected chi connectivity index (χ1v) is 7.25. The molecule has 2 aliphatic rings. The highest BCUT2D eigenvalue weighted by atomic mass is 79.9. The smallest absolute Gasteiger partial charge is 0.319 e. The summed E-state index contributed by atoms with van der Waals surface area (Å²) in [6.07, 6.45) is 2.00. The fourth-order valence-electron chi connectivity index (χ4n) is 2.59. The van der Waals surface area contributed by atoms with Gasteiger partial charge in [0.2, 0.25) is 0 Å². The van der Waals surface area contributed by atoms with Crippen LogP contribution in [0.4, 0.5) is 4.79 Å². The van der Waals surface area contributed by atoms with E-state index in [-0.39, 0.29) is 24.1 Å². The summed E-state index contributed by atoms with van der Waals surface area (Å²) in [5.41, 5.74) is 0.466. The number of hydrogen-bond donors (Lipinski definition) is 4. The van der Waals surface area contributed by atoms with Crippen LogP contribution >= 0.6 is 15.9 Å². The van der Waals surface area contributed by atoms with Crippen LogP contribution in [0.25, 0.3) is 0 Å². The first-order valence-electron chi connectivity index (χ1n) is 6.46. The SMILES string of the molecule is CO[C@@]12NC(=O)N[C@@H]1C[C@@H](CNC(=O)c1cc(Br)c[nH]1)O2. The molecule has 114 valence electrons. The van der Waals surface area contributed by atoms with E-state index >= 15 is 0 Å². The highest BCUT2D eigenvalue weighted by Crippen LogP contribution is 2.32. The molecule has 3 heterocycles. The van der Waals surface area contributed by atoms with Gasteiger partial charge in [0.05, 0.1) is 6.10 Å². The minimum absolute atomic E-state index is 0.218. The number of rotatable bonds is 4. The lowest BCUT2D eigenvalue weighted by Gasteiger charge is -2.25. The molecule has 3 rings (SSSR count). The van der Waals surface area contributed by atoms with Crippen LogP contribution in [0.15, 0.2) is 16.7 Å². The van der Waals surface area contributed by atoms with Crippen molar-refractivity contribution in [3.63, 3.8) is 0 Å². The molecule has 3 atom stereocenters. The third-order valence-corrected chi connectivity index (χ3v) is 4.04. The lowest BCUT2D eigenvalue weighted by atomic mass is 10.1. The molecular weight excluding hydrogens is 344 g/mol. The molecule has 2 fully saturated rings. The molecule has 0 unspecified atom stereocenters. The van der Waals surface area contributed by atoms with Crippen LogP contribution in [0.1, 0.15) is 16.9 Å². The fourth-order valence-corrected chi connectivity index (χ4v) is 2.93. The lowest BCUT2D eigenvalue weighted by molar-refractivity contribution is -0.221. The third kappa shape index (κ3) is 2.63. The largest absolute Gasteiger partial charge is 0.356 e. The first-order chi connectivity index (χ1) is 10.0. The van der Waals surface area contributed by atoms with E-state index in [2.05, 4.69) is 36.9 Å². The lowest BCUT2D eigenvalue weighted by Crippen LogP contribution is -2.49. The molecule has 0 aromatic carbocycles. The number of halogens is 1. The monoisotopic (exact) mass is 358 g/mol. The van der Waals surface area contributed by atoms with Crippen molar-refractivity contribution >= 4 is 27.9 Å². The number of hydrogen-bond acceptors (Lipinski definition) is 4. The minimum Gasteiger partial charge on any atom is -0.356 e. The average molecular weight is 359 g/mol. The second-order valence-electron chi connectivity index (χ2n) is 4.94. The van der Waals surface area contributed by atoms with Crippen LogP contribution in [0.2, 0.25) is 0 Å². The second kappa shape index (κ2) is 5.32. The Hall–Kier alpha value is -1.58. The number of H-pyrrole nitrogens is 1. The number of methoxy groups -OCH3 is 1. The van der Waals surface area contributed by atoms with Gasteiger partial charge in [-0.05, 0) is 22.0 Å². The van der Waals surface area contributed by atoms with Crippen LogP contribution in [-0.4, -0.2) is 48.6 Å². The zero-order chi connectivity index (χ0) is 15.0. The third-order valence-electron chi connectivity index (χ3n) is 3.58. The van der Waals surface area contributed by atoms with Crippen molar-refractivity contribution in [3.05, 3.63) is 22.4 Å². The van der Waals surface area contributed by atoms with Crippen molar-refractivity contribution < 1.29 is 19.1 Å². The van der Waals surface area contributed by atoms with Gasteiger partial charge in [-0.2, -0.15) is 0 Å². The predicted octanol–water partition coefficient (Wildman–Crippen LogP) is 0.277. The van der Waals surface area contributed by atoms with Gasteiger partial charge in [0.1, 0.15) is 11.7 Å². The van der Waals surface area contributed by atoms with Gasteiger partial charge in [-0.15, -0.1) is 0 Å². The Morgan fingerprint density at radius 2 is 2.48 bits per heavy atom. The Bertz CT molecular complexity index is 577. The Labute approximate surface area is 129 Å². The summed E-state index contributed by atoms with van der Waals surface area (Å²) >= 11 is 3.27. The Morgan fingerprint density at radius 3 is 3.10 bits per heavy atom. The standard InChI is InChI=1S/C12H15BrN4O4/c1-20-12-9(16-11(19)17-12)3-7(21-12)5-15-10(18)8-2-6(13)4-14-8/h2,4,7,9,14H,3,5H2,1H3,(H,15,18)(H2,16,17,19)/t7-,9+,12-/m0/s1. The van der Waals surface area contributed by atoms with Crippen LogP contribution in [-0.2, 0) is 9.47 Å². The van der Waals surface area contributed by atoms with E-state index in [0.717, 1.165) is 4.47 Å². The number of nitrogens with one attached hydrogen (secondary N) is 4. The van der Waals surface area contributed by atoms with Crippen LogP contribution < -0.4 is 16.0 Å². The number of carbonyl (C=O) groups excluding carboxylic acids is 2. The van der Waals surface area contributed by atoms with Gasteiger partial charge in [-0.3, -0.25) is 10.1 Å². The van der Waals surface area contributed by atoms with Crippen molar-refractivity contribution in [1.29, 1.82) is 0 Å². The molecule has 0 bridgehead atoms. The Kier molecular flexibility index (Phi) is 3.64. The van der Waals surface area contributed by atoms with E-state index in [1.54, 1.807) is 12.3 Å². The quantitative estimate of drug-likeness (QED) is 0.620. The molecule has 0 spiro atoms. The van der Waals surface area contributed by atoms with Gasteiger partial charge in [0.15, 0.2) is 0 Å². The molecule has 1 aromatic heterocycles. The highest BCUT2D eigenvalue weighted by Gasteiger charge is 2.55. The van der Waals surface area contributed by atoms with Gasteiger partial charge in [0.25, 0.3) is 11.8 Å². The number of aromatic amines is 1. The molecule has 0 saturated carbocycles. The van der Waals surface area contributed by atoms with Crippen molar-refractivity contribution in [2.75, 3.05) is 13.7 Å². The van der Waals surface area contributed by atoms with Crippen molar-refractivity contribution in [2.24, 2.45) is 0 Å². The van der Waals surface area contributed by atoms with E-state index in [0.29, 0.717) is 18.7 Å². The zero-order valence-electron chi connectivity index (χ0n) is 11.2. The maximum Gasteiger partial charge on any atom is 0.319 e. The number of aromatic nitrogens is 1. The van der Waals surface area contributed by atoms with Crippen LogP contribution in [0, 0.1) is 0 Å². The van der Waals surface area contributed by atoms with E-state index in [1.165, 1.54) is 7.11 Å². The molecule has 0 aliphatic carbocycles. The van der Waals surface area contributed by atoms with Gasteiger partial charge < -0.3 is 25.1 Å². The van der Waals surface area contributed by atoms with Crippen molar-refractivity contribution in [3.8, 4) is 0 Å². The molecule has 3 amide bonds. The molecule has 8 nitrogen and oxygen atoms in total. The van der Waals surface area contributed by atoms with Gasteiger partial charge in [0, 0.05) is 30.7 Å². The Morgan fingerprint density at radius 1 is 1.67 bits per heavy atom. The van der Waals surface area contributed by atoms with Crippen LogP contribution in [0.5, 0.6) is 0 Å². The number of carbonyl (C=O) groups is 2. The molecule has 2 saturated heterocycles. The normalized spacial score (nSPS) is 30.7. The predicted molar refractivity (Wildman–Crippen MR) is 75.5 cm³/mol. The number of urea groups is 1. The molecule has 9 heteroatoms.